The Morgan fingerprint density at radius 1 is 1.38 bits per heavy atom. The number of nitrogens with zero attached hydrogens (tertiary/aromatic N) is 1. The summed E-state index contributed by atoms with van der Waals surface area (Å²) in [6.45, 7) is 14.5. The second kappa shape index (κ2) is 5.87. The first-order valence-electron chi connectivity index (χ1n) is 7.32. The van der Waals surface area contributed by atoms with Crippen LogP contribution in [0.15, 0.2) is 18.2 Å². The van der Waals surface area contributed by atoms with E-state index >= 15 is 0 Å². The van der Waals surface area contributed by atoms with Gasteiger partial charge in [0.15, 0.2) is 0 Å². The first kappa shape index (κ1) is 16.1. The Labute approximate surface area is 132 Å². The van der Waals surface area contributed by atoms with Gasteiger partial charge in [-0.25, -0.2) is 4.85 Å². The summed E-state index contributed by atoms with van der Waals surface area (Å²) in [6, 6.07) is 5.42. The van der Waals surface area contributed by atoms with Gasteiger partial charge in [-0.15, -0.1) is 0 Å². The average molecular weight is 307 g/mol. The summed E-state index contributed by atoms with van der Waals surface area (Å²) in [5.41, 5.74) is 1.59. The SMILES string of the molecule is [C-]#[N+]c1cc(NCC2(C)CC(O)CC(C)(C)C2)ccc1Cl. The van der Waals surface area contributed by atoms with Gasteiger partial charge in [-0.3, -0.25) is 0 Å². The van der Waals surface area contributed by atoms with Crippen molar-refractivity contribution in [1.29, 1.82) is 0 Å². The van der Waals surface area contributed by atoms with E-state index in [2.05, 4.69) is 30.9 Å². The van der Waals surface area contributed by atoms with Crippen molar-refractivity contribution < 1.29 is 5.11 Å². The molecule has 0 radical (unpaired) electrons. The number of nitrogens with one attached hydrogen (secondary N) is 1. The maximum Gasteiger partial charge on any atom is 0.207 e. The minimum atomic E-state index is -0.232. The smallest absolute Gasteiger partial charge is 0.207 e. The fourth-order valence-electron chi connectivity index (χ4n) is 3.74. The van der Waals surface area contributed by atoms with E-state index in [1.165, 1.54) is 0 Å². The predicted octanol–water partition coefficient (Wildman–Crippen LogP) is 4.88. The number of anilines is 1. The lowest BCUT2D eigenvalue weighted by atomic mass is 9.63. The molecule has 0 aromatic heterocycles. The van der Waals surface area contributed by atoms with Crippen molar-refractivity contribution in [3.05, 3.63) is 34.6 Å². The third-order valence-corrected chi connectivity index (χ3v) is 4.53. The maximum absolute atomic E-state index is 10.1. The van der Waals surface area contributed by atoms with Crippen molar-refractivity contribution in [2.45, 2.75) is 46.1 Å². The molecule has 2 atom stereocenters. The zero-order chi connectivity index (χ0) is 15.7. The highest BCUT2D eigenvalue weighted by Gasteiger charge is 2.40. The predicted molar refractivity (Wildman–Crippen MR) is 87.9 cm³/mol. The molecule has 2 unspecified atom stereocenters. The molecule has 2 rings (SSSR count). The van der Waals surface area contributed by atoms with Crippen LogP contribution in [0.5, 0.6) is 0 Å². The van der Waals surface area contributed by atoms with Gasteiger partial charge in [-0.05, 0) is 42.2 Å². The molecule has 0 spiro atoms. The Bertz CT molecular complexity index is 564. The first-order valence-corrected chi connectivity index (χ1v) is 7.70. The molecular weight excluding hydrogens is 284 g/mol. The molecule has 0 bridgehead atoms. The lowest BCUT2D eigenvalue weighted by molar-refractivity contribution is -0.00317. The van der Waals surface area contributed by atoms with E-state index in [1.807, 2.05) is 6.07 Å². The number of hydrogen-bond donors (Lipinski definition) is 2. The van der Waals surface area contributed by atoms with Gasteiger partial charge >= 0.3 is 0 Å². The number of rotatable bonds is 3. The van der Waals surface area contributed by atoms with Crippen LogP contribution >= 0.6 is 11.6 Å². The Morgan fingerprint density at radius 2 is 2.10 bits per heavy atom. The van der Waals surface area contributed by atoms with Gasteiger partial charge in [0, 0.05) is 17.3 Å². The lowest BCUT2D eigenvalue weighted by Crippen LogP contribution is -2.42. The van der Waals surface area contributed by atoms with Crippen molar-refractivity contribution in [3.63, 3.8) is 0 Å². The highest BCUT2D eigenvalue weighted by molar-refractivity contribution is 6.33. The molecule has 0 heterocycles. The summed E-state index contributed by atoms with van der Waals surface area (Å²) < 4.78 is 0. The lowest BCUT2D eigenvalue weighted by Gasteiger charge is -2.45. The van der Waals surface area contributed by atoms with Crippen LogP contribution in [0, 0.1) is 17.4 Å². The number of halogens is 1. The molecule has 0 aliphatic heterocycles. The van der Waals surface area contributed by atoms with Crippen LogP contribution in [0.3, 0.4) is 0 Å². The molecule has 1 aromatic carbocycles. The van der Waals surface area contributed by atoms with Crippen LogP contribution in [-0.2, 0) is 0 Å². The van der Waals surface area contributed by atoms with Crippen molar-refractivity contribution >= 4 is 23.0 Å². The topological polar surface area (TPSA) is 36.6 Å². The Balaban J connectivity index is 2.07. The Hall–Kier alpha value is -1.24. The summed E-state index contributed by atoms with van der Waals surface area (Å²) in [5, 5.41) is 14.0. The zero-order valence-electron chi connectivity index (χ0n) is 12.9. The highest BCUT2D eigenvalue weighted by atomic mass is 35.5. The summed E-state index contributed by atoms with van der Waals surface area (Å²) >= 11 is 5.95. The summed E-state index contributed by atoms with van der Waals surface area (Å²) in [7, 11) is 0. The second-order valence-electron chi connectivity index (χ2n) is 7.35. The summed E-state index contributed by atoms with van der Waals surface area (Å²) in [6.07, 6.45) is 2.52. The quantitative estimate of drug-likeness (QED) is 0.781. The van der Waals surface area contributed by atoms with Gasteiger partial charge in [0.2, 0.25) is 5.69 Å². The van der Waals surface area contributed by atoms with Crippen LogP contribution in [0.2, 0.25) is 5.02 Å². The van der Waals surface area contributed by atoms with E-state index in [0.717, 1.165) is 31.5 Å². The Kier molecular flexibility index (Phi) is 4.51. The van der Waals surface area contributed by atoms with Gasteiger partial charge in [0.05, 0.1) is 12.7 Å². The monoisotopic (exact) mass is 306 g/mol. The zero-order valence-corrected chi connectivity index (χ0v) is 13.7. The van der Waals surface area contributed by atoms with Crippen LogP contribution in [-0.4, -0.2) is 17.8 Å². The fourth-order valence-corrected chi connectivity index (χ4v) is 3.90. The fraction of sp³-hybridized carbons (Fsp3) is 0.588. The normalized spacial score (nSPS) is 27.9. The van der Waals surface area contributed by atoms with Gasteiger partial charge in [0.25, 0.3) is 0 Å². The molecule has 1 aromatic rings. The van der Waals surface area contributed by atoms with Crippen molar-refractivity contribution in [2.75, 3.05) is 11.9 Å². The molecule has 1 saturated carbocycles. The third-order valence-electron chi connectivity index (χ3n) is 4.21. The van der Waals surface area contributed by atoms with E-state index in [1.54, 1.807) is 12.1 Å². The summed E-state index contributed by atoms with van der Waals surface area (Å²) in [4.78, 5) is 3.42. The minimum Gasteiger partial charge on any atom is -0.393 e. The van der Waals surface area contributed by atoms with E-state index in [9.17, 15) is 5.11 Å². The van der Waals surface area contributed by atoms with Gasteiger partial charge in [-0.1, -0.05) is 38.4 Å². The van der Waals surface area contributed by atoms with Gasteiger partial charge in [-0.2, -0.15) is 0 Å². The molecule has 114 valence electrons. The maximum atomic E-state index is 10.1. The molecule has 1 aliphatic rings. The molecule has 4 heteroatoms. The van der Waals surface area contributed by atoms with Crippen LogP contribution in [0.25, 0.3) is 4.85 Å². The van der Waals surface area contributed by atoms with Gasteiger partial charge in [0.1, 0.15) is 0 Å². The van der Waals surface area contributed by atoms with Crippen molar-refractivity contribution in [1.82, 2.24) is 0 Å². The molecule has 1 aliphatic carbocycles. The highest BCUT2D eigenvalue weighted by Crippen LogP contribution is 2.46. The molecule has 3 nitrogen and oxygen atoms in total. The summed E-state index contributed by atoms with van der Waals surface area (Å²) in [5.74, 6) is 0. The average Bonchev–Trinajstić information content (AvgIpc) is 2.35. The molecule has 2 N–H and O–H groups in total. The van der Waals surface area contributed by atoms with Crippen molar-refractivity contribution in [2.24, 2.45) is 10.8 Å². The van der Waals surface area contributed by atoms with Crippen LogP contribution < -0.4 is 5.32 Å². The minimum absolute atomic E-state index is 0.0546. The van der Waals surface area contributed by atoms with E-state index < -0.39 is 0 Å². The largest absolute Gasteiger partial charge is 0.393 e. The number of aliphatic hydroxyl groups is 1. The third kappa shape index (κ3) is 4.12. The van der Waals surface area contributed by atoms with E-state index in [4.69, 9.17) is 18.2 Å². The first-order chi connectivity index (χ1) is 9.73. The van der Waals surface area contributed by atoms with Gasteiger partial charge < -0.3 is 10.4 Å². The number of aliphatic hydroxyl groups excluding tert-OH is 1. The van der Waals surface area contributed by atoms with Crippen LogP contribution in [0.1, 0.15) is 40.0 Å². The van der Waals surface area contributed by atoms with Crippen molar-refractivity contribution in [3.8, 4) is 0 Å². The van der Waals surface area contributed by atoms with E-state index in [0.29, 0.717) is 10.7 Å². The Morgan fingerprint density at radius 3 is 2.71 bits per heavy atom. The number of hydrogen-bond acceptors (Lipinski definition) is 2. The van der Waals surface area contributed by atoms with E-state index in [-0.39, 0.29) is 16.9 Å². The molecule has 0 saturated heterocycles. The number of benzene rings is 1. The second-order valence-corrected chi connectivity index (χ2v) is 7.75. The molecule has 21 heavy (non-hydrogen) atoms. The van der Waals surface area contributed by atoms with Crippen LogP contribution in [0.4, 0.5) is 11.4 Å². The molecule has 0 amide bonds. The molecule has 1 fully saturated rings. The molecular formula is C17H23ClN2O. The standard InChI is InChI=1S/C17H23ClN2O/c1-16(2)8-13(21)9-17(3,10-16)11-20-12-5-6-14(18)15(7-12)19-4/h5-7,13,20-21H,8-11H2,1-3H3.